The molecule has 0 aliphatic carbocycles. The summed E-state index contributed by atoms with van der Waals surface area (Å²) >= 11 is 0. The number of benzene rings is 1. The Morgan fingerprint density at radius 3 is 2.76 bits per heavy atom. The van der Waals surface area contributed by atoms with Gasteiger partial charge in [0.2, 0.25) is 0 Å². The fourth-order valence-electron chi connectivity index (χ4n) is 2.64. The summed E-state index contributed by atoms with van der Waals surface area (Å²) < 4.78 is 0. The lowest BCUT2D eigenvalue weighted by Gasteiger charge is -2.45. The van der Waals surface area contributed by atoms with Crippen molar-refractivity contribution in [2.45, 2.75) is 38.0 Å². The molecule has 1 aromatic rings. The van der Waals surface area contributed by atoms with Crippen LogP contribution in [0.4, 0.5) is 0 Å². The molecule has 1 heterocycles. The van der Waals surface area contributed by atoms with Crippen LogP contribution in [0.15, 0.2) is 30.3 Å². The van der Waals surface area contributed by atoms with Gasteiger partial charge in [0, 0.05) is 19.1 Å². The van der Waals surface area contributed by atoms with Crippen LogP contribution in [0.5, 0.6) is 0 Å². The van der Waals surface area contributed by atoms with Crippen LogP contribution in [0.1, 0.15) is 25.3 Å². The second kappa shape index (κ2) is 5.17. The van der Waals surface area contributed by atoms with Crippen LogP contribution in [-0.2, 0) is 6.54 Å². The zero-order valence-corrected chi connectivity index (χ0v) is 10.5. The van der Waals surface area contributed by atoms with Crippen molar-refractivity contribution >= 4 is 0 Å². The predicted octanol–water partition coefficient (Wildman–Crippen LogP) is 1.36. The third-order valence-electron chi connectivity index (χ3n) is 3.96. The highest BCUT2D eigenvalue weighted by molar-refractivity contribution is 5.15. The number of aliphatic hydroxyl groups is 1. The van der Waals surface area contributed by atoms with Crippen LogP contribution in [0.2, 0.25) is 0 Å². The number of likely N-dealkylation sites (tertiary alicyclic amines) is 1. The van der Waals surface area contributed by atoms with Gasteiger partial charge in [-0.1, -0.05) is 30.3 Å². The lowest BCUT2D eigenvalue weighted by Crippen LogP contribution is -2.58. The highest BCUT2D eigenvalue weighted by Gasteiger charge is 2.38. The zero-order chi connectivity index (χ0) is 12.3. The molecule has 0 aromatic heterocycles. The van der Waals surface area contributed by atoms with Crippen LogP contribution >= 0.6 is 0 Å². The van der Waals surface area contributed by atoms with Gasteiger partial charge < -0.3 is 10.8 Å². The molecule has 3 heteroatoms. The second-order valence-electron chi connectivity index (χ2n) is 5.04. The number of rotatable bonds is 3. The molecule has 3 nitrogen and oxygen atoms in total. The van der Waals surface area contributed by atoms with Gasteiger partial charge in [-0.15, -0.1) is 0 Å². The summed E-state index contributed by atoms with van der Waals surface area (Å²) in [6, 6.07) is 10.5. The first-order valence-electron chi connectivity index (χ1n) is 6.36. The van der Waals surface area contributed by atoms with Crippen molar-refractivity contribution < 1.29 is 5.11 Å². The molecule has 1 fully saturated rings. The standard InChI is InChI=1S/C14H22N2O/c1-12-14(17,11-15)8-5-9-16(12)10-13-6-3-2-4-7-13/h2-4,6-7,12,17H,5,8-11,15H2,1H3. The average molecular weight is 234 g/mol. The molecule has 2 rings (SSSR count). The first-order valence-corrected chi connectivity index (χ1v) is 6.36. The molecule has 17 heavy (non-hydrogen) atoms. The predicted molar refractivity (Wildman–Crippen MR) is 69.6 cm³/mol. The van der Waals surface area contributed by atoms with E-state index in [9.17, 15) is 5.11 Å². The van der Waals surface area contributed by atoms with Gasteiger partial charge in [0.05, 0.1) is 5.60 Å². The van der Waals surface area contributed by atoms with Gasteiger partial charge >= 0.3 is 0 Å². The van der Waals surface area contributed by atoms with Crippen molar-refractivity contribution in [2.24, 2.45) is 5.73 Å². The molecule has 0 spiro atoms. The minimum atomic E-state index is -0.715. The van der Waals surface area contributed by atoms with Gasteiger partial charge in [-0.2, -0.15) is 0 Å². The van der Waals surface area contributed by atoms with Crippen LogP contribution < -0.4 is 5.73 Å². The second-order valence-corrected chi connectivity index (χ2v) is 5.04. The summed E-state index contributed by atoms with van der Waals surface area (Å²) in [6.45, 7) is 4.36. The van der Waals surface area contributed by atoms with Gasteiger partial charge in [0.1, 0.15) is 0 Å². The van der Waals surface area contributed by atoms with Gasteiger partial charge in [-0.25, -0.2) is 0 Å². The minimum absolute atomic E-state index is 0.126. The number of nitrogens with zero attached hydrogens (tertiary/aromatic N) is 1. The Kier molecular flexibility index (Phi) is 3.82. The van der Waals surface area contributed by atoms with Gasteiger partial charge in [0.25, 0.3) is 0 Å². The molecule has 2 unspecified atom stereocenters. The molecule has 0 amide bonds. The van der Waals surface area contributed by atoms with Crippen molar-refractivity contribution in [1.82, 2.24) is 4.90 Å². The average Bonchev–Trinajstić information content (AvgIpc) is 2.36. The molecule has 0 radical (unpaired) electrons. The SMILES string of the molecule is CC1N(Cc2ccccc2)CCCC1(O)CN. The molecule has 1 aliphatic rings. The maximum absolute atomic E-state index is 10.4. The van der Waals surface area contributed by atoms with Gasteiger partial charge in [0.15, 0.2) is 0 Å². The van der Waals surface area contributed by atoms with Crippen molar-refractivity contribution in [2.75, 3.05) is 13.1 Å². The molecule has 1 aromatic carbocycles. The third kappa shape index (κ3) is 2.68. The van der Waals surface area contributed by atoms with Crippen LogP contribution in [0, 0.1) is 0 Å². The number of nitrogens with two attached hydrogens (primary N) is 1. The van der Waals surface area contributed by atoms with E-state index in [4.69, 9.17) is 5.73 Å². The molecule has 94 valence electrons. The zero-order valence-electron chi connectivity index (χ0n) is 10.5. The van der Waals surface area contributed by atoms with E-state index in [0.29, 0.717) is 6.54 Å². The summed E-state index contributed by atoms with van der Waals surface area (Å²) in [6.07, 6.45) is 1.83. The van der Waals surface area contributed by atoms with Gasteiger partial charge in [-0.05, 0) is 31.9 Å². The fourth-order valence-corrected chi connectivity index (χ4v) is 2.64. The molecule has 2 atom stereocenters. The largest absolute Gasteiger partial charge is 0.387 e. The molecule has 1 aliphatic heterocycles. The van der Waals surface area contributed by atoms with Crippen LogP contribution in [0.3, 0.4) is 0 Å². The highest BCUT2D eigenvalue weighted by Crippen LogP contribution is 2.28. The highest BCUT2D eigenvalue weighted by atomic mass is 16.3. The van der Waals surface area contributed by atoms with Crippen LogP contribution in [0.25, 0.3) is 0 Å². The van der Waals surface area contributed by atoms with E-state index >= 15 is 0 Å². The van der Waals surface area contributed by atoms with E-state index in [0.717, 1.165) is 25.9 Å². The molecule has 1 saturated heterocycles. The van der Waals surface area contributed by atoms with E-state index < -0.39 is 5.60 Å². The lowest BCUT2D eigenvalue weighted by atomic mass is 9.85. The fraction of sp³-hybridized carbons (Fsp3) is 0.571. The van der Waals surface area contributed by atoms with Crippen LogP contribution in [-0.4, -0.2) is 34.7 Å². The minimum Gasteiger partial charge on any atom is -0.387 e. The molecule has 3 N–H and O–H groups in total. The molecular formula is C14H22N2O. The monoisotopic (exact) mass is 234 g/mol. The van der Waals surface area contributed by atoms with Crippen molar-refractivity contribution in [3.8, 4) is 0 Å². The quantitative estimate of drug-likeness (QED) is 0.830. The Morgan fingerprint density at radius 2 is 2.12 bits per heavy atom. The third-order valence-corrected chi connectivity index (χ3v) is 3.96. The maximum atomic E-state index is 10.4. The topological polar surface area (TPSA) is 49.5 Å². The summed E-state index contributed by atoms with van der Waals surface area (Å²) in [7, 11) is 0. The summed E-state index contributed by atoms with van der Waals surface area (Å²) in [4.78, 5) is 2.33. The summed E-state index contributed by atoms with van der Waals surface area (Å²) in [5.41, 5.74) is 6.28. The number of hydrogen-bond donors (Lipinski definition) is 2. The van der Waals surface area contributed by atoms with Crippen molar-refractivity contribution in [3.63, 3.8) is 0 Å². The first kappa shape index (κ1) is 12.6. The van der Waals surface area contributed by atoms with E-state index in [2.05, 4.69) is 36.1 Å². The smallest absolute Gasteiger partial charge is 0.0921 e. The Hall–Kier alpha value is -0.900. The Bertz CT molecular complexity index is 354. The number of piperidine rings is 1. The van der Waals surface area contributed by atoms with Crippen molar-refractivity contribution in [1.29, 1.82) is 0 Å². The Balaban J connectivity index is 2.06. The Labute approximate surface area is 103 Å². The Morgan fingerprint density at radius 1 is 1.41 bits per heavy atom. The van der Waals surface area contributed by atoms with Gasteiger partial charge in [-0.3, -0.25) is 4.90 Å². The van der Waals surface area contributed by atoms with Crippen molar-refractivity contribution in [3.05, 3.63) is 35.9 Å². The molecule has 0 bridgehead atoms. The normalized spacial score (nSPS) is 30.4. The maximum Gasteiger partial charge on any atom is 0.0921 e. The van der Waals surface area contributed by atoms with E-state index in [1.807, 2.05) is 6.07 Å². The summed E-state index contributed by atoms with van der Waals surface area (Å²) in [5, 5.41) is 10.4. The molecular weight excluding hydrogens is 212 g/mol. The lowest BCUT2D eigenvalue weighted by molar-refractivity contribution is -0.0698. The first-order chi connectivity index (χ1) is 8.15. The van der Waals surface area contributed by atoms with E-state index in [1.54, 1.807) is 0 Å². The number of hydrogen-bond acceptors (Lipinski definition) is 3. The van der Waals surface area contributed by atoms with E-state index in [1.165, 1.54) is 5.56 Å². The summed E-state index contributed by atoms with van der Waals surface area (Å²) in [5.74, 6) is 0. The van der Waals surface area contributed by atoms with E-state index in [-0.39, 0.29) is 6.04 Å². The molecule has 0 saturated carbocycles.